The first-order valence-corrected chi connectivity index (χ1v) is 5.65. The minimum Gasteiger partial charge on any atom is -0.457 e. The fraction of sp³-hybridized carbons (Fsp3) is 0.143. The van der Waals surface area contributed by atoms with E-state index >= 15 is 0 Å². The highest BCUT2D eigenvalue weighted by Crippen LogP contribution is 2.30. The van der Waals surface area contributed by atoms with Crippen molar-refractivity contribution >= 4 is 0 Å². The minimum atomic E-state index is -1.01. The van der Waals surface area contributed by atoms with E-state index in [0.29, 0.717) is 11.3 Å². The van der Waals surface area contributed by atoms with Gasteiger partial charge in [-0.25, -0.2) is 13.2 Å². The number of rotatable bonds is 3. The normalized spacial score (nSPS) is 12.3. The molecule has 2 aromatic carbocycles. The van der Waals surface area contributed by atoms with Gasteiger partial charge in [-0.3, -0.25) is 0 Å². The van der Waals surface area contributed by atoms with E-state index in [1.54, 1.807) is 6.92 Å². The second-order valence-corrected chi connectivity index (χ2v) is 4.15. The molecule has 0 saturated heterocycles. The molecule has 0 bridgehead atoms. The summed E-state index contributed by atoms with van der Waals surface area (Å²) in [4.78, 5) is 0. The summed E-state index contributed by atoms with van der Waals surface area (Å²) in [5.41, 5.74) is 6.16. The second-order valence-electron chi connectivity index (χ2n) is 4.15. The zero-order valence-corrected chi connectivity index (χ0v) is 10.2. The van der Waals surface area contributed by atoms with Gasteiger partial charge in [-0.1, -0.05) is 0 Å². The maximum atomic E-state index is 13.1. The van der Waals surface area contributed by atoms with Gasteiger partial charge in [0.15, 0.2) is 11.6 Å². The number of hydrogen-bond acceptors (Lipinski definition) is 2. The van der Waals surface area contributed by atoms with E-state index in [9.17, 15) is 13.2 Å². The zero-order chi connectivity index (χ0) is 14.0. The molecule has 2 nitrogen and oxygen atoms in total. The Balaban J connectivity index is 2.35. The smallest absolute Gasteiger partial charge is 0.162 e. The maximum absolute atomic E-state index is 13.1. The van der Waals surface area contributed by atoms with Crippen molar-refractivity contribution in [1.82, 2.24) is 0 Å². The quantitative estimate of drug-likeness (QED) is 0.914. The molecule has 1 atom stereocenters. The zero-order valence-electron chi connectivity index (χ0n) is 10.2. The largest absolute Gasteiger partial charge is 0.457 e. The van der Waals surface area contributed by atoms with Gasteiger partial charge in [0.1, 0.15) is 17.3 Å². The van der Waals surface area contributed by atoms with Crippen LogP contribution in [0.15, 0.2) is 36.4 Å². The van der Waals surface area contributed by atoms with Crippen molar-refractivity contribution < 1.29 is 17.9 Å². The topological polar surface area (TPSA) is 35.2 Å². The molecule has 0 radical (unpaired) electrons. The summed E-state index contributed by atoms with van der Waals surface area (Å²) in [6, 6.07) is 6.57. The molecule has 2 rings (SSSR count). The summed E-state index contributed by atoms with van der Waals surface area (Å²) in [6.45, 7) is 1.67. The van der Waals surface area contributed by atoms with Gasteiger partial charge in [0.25, 0.3) is 0 Å². The molecule has 2 aromatic rings. The third-order valence-corrected chi connectivity index (χ3v) is 2.58. The van der Waals surface area contributed by atoms with E-state index in [-0.39, 0.29) is 5.75 Å². The number of hydrogen-bond donors (Lipinski definition) is 1. The van der Waals surface area contributed by atoms with Crippen molar-refractivity contribution in [3.05, 3.63) is 59.4 Å². The predicted octanol–water partition coefficient (Wildman–Crippen LogP) is 3.92. The monoisotopic (exact) mass is 267 g/mol. The average Bonchev–Trinajstić information content (AvgIpc) is 2.36. The molecule has 0 aliphatic heterocycles. The van der Waals surface area contributed by atoms with Crippen LogP contribution < -0.4 is 10.5 Å². The molecule has 0 amide bonds. The van der Waals surface area contributed by atoms with Crippen LogP contribution in [0.4, 0.5) is 13.2 Å². The third kappa shape index (κ3) is 3.06. The Bertz CT molecular complexity index is 599. The SMILES string of the molecule is C[C@@H](N)c1cc(F)ccc1Oc1ccc(F)c(F)c1. The van der Waals surface area contributed by atoms with E-state index in [2.05, 4.69) is 0 Å². The fourth-order valence-electron chi connectivity index (χ4n) is 1.64. The van der Waals surface area contributed by atoms with Crippen LogP contribution in [0.2, 0.25) is 0 Å². The molecule has 0 saturated carbocycles. The molecular formula is C14H12F3NO. The molecule has 0 fully saturated rings. The molecule has 0 aliphatic rings. The first kappa shape index (κ1) is 13.4. The molecule has 100 valence electrons. The minimum absolute atomic E-state index is 0.118. The van der Waals surface area contributed by atoms with Gasteiger partial charge >= 0.3 is 0 Å². The Hall–Kier alpha value is -2.01. The summed E-state index contributed by atoms with van der Waals surface area (Å²) in [7, 11) is 0. The number of halogens is 3. The molecule has 0 spiro atoms. The van der Waals surface area contributed by atoms with E-state index in [1.807, 2.05) is 0 Å². The van der Waals surface area contributed by atoms with Crippen LogP contribution in [-0.2, 0) is 0 Å². The summed E-state index contributed by atoms with van der Waals surface area (Å²) in [5.74, 6) is -1.99. The first-order valence-electron chi connectivity index (χ1n) is 5.65. The number of nitrogens with two attached hydrogens (primary N) is 1. The highest BCUT2D eigenvalue weighted by molar-refractivity contribution is 5.40. The lowest BCUT2D eigenvalue weighted by atomic mass is 10.1. The lowest BCUT2D eigenvalue weighted by Crippen LogP contribution is -2.07. The summed E-state index contributed by atoms with van der Waals surface area (Å²) in [5, 5.41) is 0. The Morgan fingerprint density at radius 2 is 1.74 bits per heavy atom. The third-order valence-electron chi connectivity index (χ3n) is 2.58. The Morgan fingerprint density at radius 1 is 1.00 bits per heavy atom. The molecule has 0 unspecified atom stereocenters. The fourth-order valence-corrected chi connectivity index (χ4v) is 1.64. The molecule has 5 heteroatoms. The van der Waals surface area contributed by atoms with Gasteiger partial charge in [-0.2, -0.15) is 0 Å². The number of ether oxygens (including phenoxy) is 1. The average molecular weight is 267 g/mol. The predicted molar refractivity (Wildman–Crippen MR) is 65.4 cm³/mol. The van der Waals surface area contributed by atoms with Crippen LogP contribution in [-0.4, -0.2) is 0 Å². The van der Waals surface area contributed by atoms with Crippen LogP contribution in [0.3, 0.4) is 0 Å². The van der Waals surface area contributed by atoms with Gasteiger partial charge in [-0.05, 0) is 37.3 Å². The molecule has 0 heterocycles. The molecule has 19 heavy (non-hydrogen) atoms. The lowest BCUT2D eigenvalue weighted by Gasteiger charge is -2.14. The van der Waals surface area contributed by atoms with Crippen LogP contribution in [0.1, 0.15) is 18.5 Å². The van der Waals surface area contributed by atoms with Crippen LogP contribution in [0.5, 0.6) is 11.5 Å². The summed E-state index contributed by atoms with van der Waals surface area (Å²) in [6.07, 6.45) is 0. The number of benzene rings is 2. The molecular weight excluding hydrogens is 255 g/mol. The summed E-state index contributed by atoms with van der Waals surface area (Å²) >= 11 is 0. The van der Waals surface area contributed by atoms with Crippen molar-refractivity contribution in [1.29, 1.82) is 0 Å². The van der Waals surface area contributed by atoms with Gasteiger partial charge in [-0.15, -0.1) is 0 Å². The second kappa shape index (κ2) is 5.32. The van der Waals surface area contributed by atoms with Crippen LogP contribution in [0.25, 0.3) is 0 Å². The van der Waals surface area contributed by atoms with Crippen molar-refractivity contribution in [3.8, 4) is 11.5 Å². The van der Waals surface area contributed by atoms with Gasteiger partial charge in [0.05, 0.1) is 0 Å². The highest BCUT2D eigenvalue weighted by Gasteiger charge is 2.11. The van der Waals surface area contributed by atoms with E-state index in [0.717, 1.165) is 12.1 Å². The first-order chi connectivity index (χ1) is 8.97. The highest BCUT2D eigenvalue weighted by atomic mass is 19.2. The molecule has 2 N–H and O–H groups in total. The van der Waals surface area contributed by atoms with Gasteiger partial charge in [0, 0.05) is 17.7 Å². The van der Waals surface area contributed by atoms with Crippen molar-refractivity contribution in [2.24, 2.45) is 5.73 Å². The van der Waals surface area contributed by atoms with E-state index in [4.69, 9.17) is 10.5 Å². The van der Waals surface area contributed by atoms with Crippen LogP contribution >= 0.6 is 0 Å². The van der Waals surface area contributed by atoms with Crippen molar-refractivity contribution in [3.63, 3.8) is 0 Å². The van der Waals surface area contributed by atoms with E-state index < -0.39 is 23.5 Å². The standard InChI is InChI=1S/C14H12F3NO/c1-8(18)11-6-9(15)2-5-14(11)19-10-3-4-12(16)13(17)7-10/h2-8H,18H2,1H3/t8-/m1/s1. The lowest BCUT2D eigenvalue weighted by molar-refractivity contribution is 0.453. The Labute approximate surface area is 108 Å². The van der Waals surface area contributed by atoms with Gasteiger partial charge in [0.2, 0.25) is 0 Å². The molecule has 0 aromatic heterocycles. The van der Waals surface area contributed by atoms with Crippen molar-refractivity contribution in [2.45, 2.75) is 13.0 Å². The Kier molecular flexibility index (Phi) is 3.76. The van der Waals surface area contributed by atoms with Crippen LogP contribution in [0, 0.1) is 17.5 Å². The summed E-state index contributed by atoms with van der Waals surface area (Å²) < 4.78 is 44.4. The van der Waals surface area contributed by atoms with Gasteiger partial charge < -0.3 is 10.5 Å². The van der Waals surface area contributed by atoms with E-state index in [1.165, 1.54) is 24.3 Å². The molecule has 0 aliphatic carbocycles. The Morgan fingerprint density at radius 3 is 2.37 bits per heavy atom. The van der Waals surface area contributed by atoms with Crippen molar-refractivity contribution in [2.75, 3.05) is 0 Å². The maximum Gasteiger partial charge on any atom is 0.162 e.